The summed E-state index contributed by atoms with van der Waals surface area (Å²) in [6, 6.07) is 19.1. The molecule has 0 saturated carbocycles. The molecule has 0 bridgehead atoms. The second kappa shape index (κ2) is 8.74. The highest BCUT2D eigenvalue weighted by Gasteiger charge is 2.19. The summed E-state index contributed by atoms with van der Waals surface area (Å²) in [5.41, 5.74) is 3.25. The first-order valence-corrected chi connectivity index (χ1v) is 11.8. The number of thiazole rings is 1. The fraction of sp³-hybridized carbons (Fsp3) is 0.0870. The van der Waals surface area contributed by atoms with Gasteiger partial charge in [-0.05, 0) is 37.3 Å². The number of benzene rings is 2. The van der Waals surface area contributed by atoms with Crippen LogP contribution in [-0.4, -0.2) is 20.7 Å². The molecule has 160 valence electrons. The molecular weight excluding hydrogens is 464 g/mol. The SMILES string of the molecule is Cc1nn(-c2ccccc2Cl)c2sc(C(=O)OCc3csc(Nc4ccccc4)n3)cc12. The maximum Gasteiger partial charge on any atom is 0.348 e. The summed E-state index contributed by atoms with van der Waals surface area (Å²) >= 11 is 9.15. The summed E-state index contributed by atoms with van der Waals surface area (Å²) in [5, 5.41) is 12.0. The lowest BCUT2D eigenvalue weighted by atomic mass is 10.3. The number of rotatable bonds is 6. The van der Waals surface area contributed by atoms with Crippen LogP contribution >= 0.6 is 34.3 Å². The molecule has 3 aromatic heterocycles. The molecule has 1 N–H and O–H groups in total. The van der Waals surface area contributed by atoms with E-state index in [2.05, 4.69) is 15.4 Å². The third-order valence-corrected chi connectivity index (χ3v) is 6.97. The van der Waals surface area contributed by atoms with E-state index in [0.717, 1.165) is 32.4 Å². The number of nitrogens with one attached hydrogen (secondary N) is 1. The van der Waals surface area contributed by atoms with Crippen LogP contribution < -0.4 is 5.32 Å². The van der Waals surface area contributed by atoms with Gasteiger partial charge in [0.15, 0.2) is 5.13 Å². The smallest absolute Gasteiger partial charge is 0.348 e. The molecule has 0 unspecified atom stereocenters. The molecule has 3 heterocycles. The van der Waals surface area contributed by atoms with Crippen molar-refractivity contribution >= 4 is 61.3 Å². The van der Waals surface area contributed by atoms with Crippen molar-refractivity contribution in [1.82, 2.24) is 14.8 Å². The van der Waals surface area contributed by atoms with Crippen LogP contribution in [0.15, 0.2) is 66.0 Å². The highest BCUT2D eigenvalue weighted by Crippen LogP contribution is 2.33. The molecule has 2 aromatic carbocycles. The number of anilines is 2. The highest BCUT2D eigenvalue weighted by molar-refractivity contribution is 7.20. The molecule has 0 amide bonds. The number of carbonyl (C=O) groups is 1. The number of esters is 1. The minimum atomic E-state index is -0.387. The highest BCUT2D eigenvalue weighted by atomic mass is 35.5. The number of ether oxygens (including phenoxy) is 1. The third-order valence-electron chi connectivity index (χ3n) is 4.75. The molecule has 0 saturated heterocycles. The lowest BCUT2D eigenvalue weighted by Crippen LogP contribution is -2.03. The van der Waals surface area contributed by atoms with Crippen molar-refractivity contribution in [2.75, 3.05) is 5.32 Å². The van der Waals surface area contributed by atoms with Crippen LogP contribution in [0.2, 0.25) is 5.02 Å². The lowest BCUT2D eigenvalue weighted by molar-refractivity contribution is 0.0474. The van der Waals surface area contributed by atoms with Gasteiger partial charge in [0.2, 0.25) is 0 Å². The quantitative estimate of drug-likeness (QED) is 0.277. The number of aromatic nitrogens is 3. The lowest BCUT2D eigenvalue weighted by Gasteiger charge is -2.04. The zero-order chi connectivity index (χ0) is 22.1. The Morgan fingerprint density at radius 3 is 2.75 bits per heavy atom. The molecule has 9 heteroatoms. The zero-order valence-electron chi connectivity index (χ0n) is 16.9. The summed E-state index contributed by atoms with van der Waals surface area (Å²) in [7, 11) is 0. The summed E-state index contributed by atoms with van der Waals surface area (Å²) < 4.78 is 7.29. The second-order valence-electron chi connectivity index (χ2n) is 6.99. The van der Waals surface area contributed by atoms with Crippen LogP contribution in [0.5, 0.6) is 0 Å². The molecule has 0 spiro atoms. The maximum absolute atomic E-state index is 12.7. The van der Waals surface area contributed by atoms with Crippen molar-refractivity contribution in [3.63, 3.8) is 0 Å². The van der Waals surface area contributed by atoms with Gasteiger partial charge < -0.3 is 10.1 Å². The van der Waals surface area contributed by atoms with E-state index in [9.17, 15) is 4.79 Å². The van der Waals surface area contributed by atoms with E-state index in [1.54, 1.807) is 4.68 Å². The van der Waals surface area contributed by atoms with Gasteiger partial charge in [0.25, 0.3) is 0 Å². The number of aryl methyl sites for hydroxylation is 1. The number of halogens is 1. The van der Waals surface area contributed by atoms with Gasteiger partial charge in [-0.15, -0.1) is 22.7 Å². The molecule has 32 heavy (non-hydrogen) atoms. The summed E-state index contributed by atoms with van der Waals surface area (Å²) in [6.45, 7) is 2.02. The van der Waals surface area contributed by atoms with Gasteiger partial charge in [-0.3, -0.25) is 0 Å². The normalized spacial score (nSPS) is 11.1. The minimum absolute atomic E-state index is 0.107. The van der Waals surface area contributed by atoms with Crippen LogP contribution in [0.25, 0.3) is 15.9 Å². The Morgan fingerprint density at radius 2 is 1.94 bits per heavy atom. The average Bonchev–Trinajstić information content (AvgIpc) is 3.50. The minimum Gasteiger partial charge on any atom is -0.455 e. The van der Waals surface area contributed by atoms with Crippen molar-refractivity contribution in [3.05, 3.63) is 87.3 Å². The topological polar surface area (TPSA) is 69.0 Å². The van der Waals surface area contributed by atoms with Gasteiger partial charge in [0.05, 0.1) is 22.1 Å². The Kier molecular flexibility index (Phi) is 5.65. The van der Waals surface area contributed by atoms with E-state index in [-0.39, 0.29) is 12.6 Å². The molecular formula is C23H17ClN4O2S2. The molecule has 0 fully saturated rings. The molecule has 0 aliphatic carbocycles. The number of fused-ring (bicyclic) bond motifs is 1. The molecule has 5 rings (SSSR count). The van der Waals surface area contributed by atoms with E-state index in [0.29, 0.717) is 15.6 Å². The number of thiophene rings is 1. The van der Waals surface area contributed by atoms with Crippen molar-refractivity contribution in [1.29, 1.82) is 0 Å². The number of hydrogen-bond acceptors (Lipinski definition) is 7. The fourth-order valence-corrected chi connectivity index (χ4v) is 5.22. The van der Waals surface area contributed by atoms with Crippen molar-refractivity contribution in [2.45, 2.75) is 13.5 Å². The van der Waals surface area contributed by atoms with Crippen LogP contribution in [0.3, 0.4) is 0 Å². The summed E-state index contributed by atoms with van der Waals surface area (Å²) in [4.78, 5) is 18.6. The molecule has 0 radical (unpaired) electrons. The number of nitrogens with zero attached hydrogens (tertiary/aromatic N) is 3. The average molecular weight is 481 g/mol. The maximum atomic E-state index is 12.7. The molecule has 5 aromatic rings. The van der Waals surface area contributed by atoms with Gasteiger partial charge in [-0.2, -0.15) is 5.10 Å². The fourth-order valence-electron chi connectivity index (χ4n) is 3.22. The monoisotopic (exact) mass is 480 g/mol. The molecule has 0 aliphatic rings. The van der Waals surface area contributed by atoms with Crippen LogP contribution in [0.1, 0.15) is 21.1 Å². The van der Waals surface area contributed by atoms with E-state index in [1.807, 2.05) is 73.0 Å². The predicted molar refractivity (Wildman–Crippen MR) is 130 cm³/mol. The largest absolute Gasteiger partial charge is 0.455 e. The Labute approximate surface area is 197 Å². The van der Waals surface area contributed by atoms with Gasteiger partial charge in [-0.1, -0.05) is 41.9 Å². The third kappa shape index (κ3) is 4.12. The first-order valence-electron chi connectivity index (χ1n) is 9.76. The number of carbonyl (C=O) groups excluding carboxylic acids is 1. The Hall–Kier alpha value is -3.20. The summed E-state index contributed by atoms with van der Waals surface area (Å²) in [6.07, 6.45) is 0. The summed E-state index contributed by atoms with van der Waals surface area (Å²) in [5.74, 6) is -0.387. The van der Waals surface area contributed by atoms with E-state index >= 15 is 0 Å². The first-order chi connectivity index (χ1) is 15.6. The van der Waals surface area contributed by atoms with Gasteiger partial charge in [-0.25, -0.2) is 14.5 Å². The van der Waals surface area contributed by atoms with Gasteiger partial charge >= 0.3 is 5.97 Å². The van der Waals surface area contributed by atoms with E-state index < -0.39 is 0 Å². The zero-order valence-corrected chi connectivity index (χ0v) is 19.3. The van der Waals surface area contributed by atoms with Crippen LogP contribution in [0, 0.1) is 6.92 Å². The van der Waals surface area contributed by atoms with Crippen molar-refractivity contribution < 1.29 is 9.53 Å². The van der Waals surface area contributed by atoms with Gasteiger partial charge in [0.1, 0.15) is 16.3 Å². The van der Waals surface area contributed by atoms with Gasteiger partial charge in [0, 0.05) is 16.5 Å². The number of para-hydroxylation sites is 2. The first kappa shape index (κ1) is 20.7. The Morgan fingerprint density at radius 1 is 1.16 bits per heavy atom. The Bertz CT molecular complexity index is 1410. The molecule has 6 nitrogen and oxygen atoms in total. The van der Waals surface area contributed by atoms with Crippen LogP contribution in [0.4, 0.5) is 10.8 Å². The second-order valence-corrected chi connectivity index (χ2v) is 9.29. The Balaban J connectivity index is 1.31. The molecule has 0 atom stereocenters. The van der Waals surface area contributed by atoms with E-state index in [1.165, 1.54) is 22.7 Å². The predicted octanol–water partition coefficient (Wildman–Crippen LogP) is 6.61. The number of hydrogen-bond donors (Lipinski definition) is 1. The van der Waals surface area contributed by atoms with Crippen LogP contribution in [-0.2, 0) is 11.3 Å². The van der Waals surface area contributed by atoms with E-state index in [4.69, 9.17) is 16.3 Å². The van der Waals surface area contributed by atoms with Crippen molar-refractivity contribution in [2.24, 2.45) is 0 Å². The molecule has 0 aliphatic heterocycles. The standard InChI is InChI=1S/C23H17ClN4O2S2/c1-14-17-11-20(32-21(17)28(27-14)19-10-6-5-9-18(19)24)22(29)30-12-16-13-31-23(26-16)25-15-7-3-2-4-8-15/h2-11,13H,12H2,1H3,(H,25,26). The van der Waals surface area contributed by atoms with Crippen molar-refractivity contribution in [3.8, 4) is 5.69 Å².